The topological polar surface area (TPSA) is 66.3 Å². The van der Waals surface area contributed by atoms with Crippen molar-refractivity contribution in [1.82, 2.24) is 14.9 Å². The maximum atomic E-state index is 11.1. The number of carbonyl (C=O) groups is 1. The third-order valence-electron chi connectivity index (χ3n) is 3.07. The summed E-state index contributed by atoms with van der Waals surface area (Å²) in [6, 6.07) is -0.369. The van der Waals surface area contributed by atoms with Crippen molar-refractivity contribution in [2.24, 2.45) is 0 Å². The van der Waals surface area contributed by atoms with Crippen molar-refractivity contribution >= 4 is 5.97 Å². The van der Waals surface area contributed by atoms with Crippen LogP contribution in [0.2, 0.25) is 0 Å². The van der Waals surface area contributed by atoms with Crippen LogP contribution in [-0.2, 0) is 11.3 Å². The Morgan fingerprint density at radius 1 is 1.53 bits per heavy atom. The standard InChI is InChI=1S/C12H17N3O2/c1-9-6-13-7-10(14-9)8-15-5-3-2-4-11(15)12(16)17/h6-7,11H,2-5,8H2,1H3,(H,16,17). The van der Waals surface area contributed by atoms with E-state index in [0.29, 0.717) is 6.54 Å². The summed E-state index contributed by atoms with van der Waals surface area (Å²) in [6.45, 7) is 3.29. The molecule has 1 aliphatic rings. The molecule has 0 spiro atoms. The molecule has 17 heavy (non-hydrogen) atoms. The second-order valence-corrected chi connectivity index (χ2v) is 4.47. The van der Waals surface area contributed by atoms with Crippen molar-refractivity contribution in [2.75, 3.05) is 6.54 Å². The number of likely N-dealkylation sites (tertiary alicyclic amines) is 1. The summed E-state index contributed by atoms with van der Waals surface area (Å²) >= 11 is 0. The van der Waals surface area contributed by atoms with Crippen LogP contribution in [0.4, 0.5) is 0 Å². The minimum Gasteiger partial charge on any atom is -0.480 e. The highest BCUT2D eigenvalue weighted by atomic mass is 16.4. The molecule has 0 bridgehead atoms. The zero-order chi connectivity index (χ0) is 12.3. The Morgan fingerprint density at radius 2 is 2.35 bits per heavy atom. The number of carboxylic acids is 1. The number of hydrogen-bond acceptors (Lipinski definition) is 4. The summed E-state index contributed by atoms with van der Waals surface area (Å²) in [5, 5.41) is 9.16. The molecule has 1 atom stereocenters. The highest BCUT2D eigenvalue weighted by Gasteiger charge is 2.28. The predicted octanol–water partition coefficient (Wildman–Crippen LogP) is 1.22. The summed E-state index contributed by atoms with van der Waals surface area (Å²) in [7, 11) is 0. The first kappa shape index (κ1) is 12.0. The van der Waals surface area contributed by atoms with Gasteiger partial charge in [0.1, 0.15) is 6.04 Å². The van der Waals surface area contributed by atoms with Crippen molar-refractivity contribution < 1.29 is 9.90 Å². The van der Waals surface area contributed by atoms with E-state index in [9.17, 15) is 4.79 Å². The van der Waals surface area contributed by atoms with Gasteiger partial charge in [-0.25, -0.2) is 0 Å². The lowest BCUT2D eigenvalue weighted by Gasteiger charge is -2.32. The molecular weight excluding hydrogens is 218 g/mol. The summed E-state index contributed by atoms with van der Waals surface area (Å²) in [5.74, 6) is -0.731. The Balaban J connectivity index is 2.08. The highest BCUT2D eigenvalue weighted by Crippen LogP contribution is 2.19. The van der Waals surface area contributed by atoms with Crippen LogP contribution in [0.5, 0.6) is 0 Å². The van der Waals surface area contributed by atoms with Gasteiger partial charge in [0.25, 0.3) is 0 Å². The lowest BCUT2D eigenvalue weighted by atomic mass is 10.0. The Hall–Kier alpha value is -1.49. The fraction of sp³-hybridized carbons (Fsp3) is 0.583. The molecule has 0 saturated carbocycles. The van der Waals surface area contributed by atoms with Gasteiger partial charge in [0, 0.05) is 18.9 Å². The Kier molecular flexibility index (Phi) is 3.68. The van der Waals surface area contributed by atoms with Crippen LogP contribution in [0.3, 0.4) is 0 Å². The molecule has 1 unspecified atom stereocenters. The third kappa shape index (κ3) is 3.00. The lowest BCUT2D eigenvalue weighted by molar-refractivity contribution is -0.144. The zero-order valence-electron chi connectivity index (χ0n) is 9.96. The van der Waals surface area contributed by atoms with Gasteiger partial charge < -0.3 is 5.11 Å². The molecule has 0 aliphatic carbocycles. The van der Waals surface area contributed by atoms with Gasteiger partial charge in [0.15, 0.2) is 0 Å². The maximum Gasteiger partial charge on any atom is 0.320 e. The van der Waals surface area contributed by atoms with Crippen LogP contribution in [-0.4, -0.2) is 38.5 Å². The van der Waals surface area contributed by atoms with Gasteiger partial charge in [0.05, 0.1) is 11.4 Å². The van der Waals surface area contributed by atoms with Crippen molar-refractivity contribution in [3.63, 3.8) is 0 Å². The predicted molar refractivity (Wildman–Crippen MR) is 62.5 cm³/mol. The van der Waals surface area contributed by atoms with Crippen LogP contribution >= 0.6 is 0 Å². The van der Waals surface area contributed by atoms with E-state index >= 15 is 0 Å². The van der Waals surface area contributed by atoms with Gasteiger partial charge in [-0.3, -0.25) is 19.7 Å². The van der Waals surface area contributed by atoms with E-state index in [4.69, 9.17) is 5.11 Å². The largest absolute Gasteiger partial charge is 0.480 e. The number of hydrogen-bond donors (Lipinski definition) is 1. The number of aromatic nitrogens is 2. The molecule has 1 aliphatic heterocycles. The molecule has 1 aromatic rings. The van der Waals surface area contributed by atoms with Crippen molar-refractivity contribution in [3.05, 3.63) is 23.8 Å². The van der Waals surface area contributed by atoms with E-state index in [-0.39, 0.29) is 6.04 Å². The first-order chi connectivity index (χ1) is 8.16. The molecule has 92 valence electrons. The summed E-state index contributed by atoms with van der Waals surface area (Å²) in [4.78, 5) is 21.6. The molecule has 1 saturated heterocycles. The maximum absolute atomic E-state index is 11.1. The van der Waals surface area contributed by atoms with E-state index in [1.165, 1.54) is 0 Å². The second kappa shape index (κ2) is 5.23. The summed E-state index contributed by atoms with van der Waals surface area (Å²) in [6.07, 6.45) is 6.19. The van der Waals surface area contributed by atoms with Crippen LogP contribution in [0.25, 0.3) is 0 Å². The van der Waals surface area contributed by atoms with Crippen molar-refractivity contribution in [2.45, 2.75) is 38.8 Å². The van der Waals surface area contributed by atoms with Gasteiger partial charge in [0.2, 0.25) is 0 Å². The monoisotopic (exact) mass is 235 g/mol. The quantitative estimate of drug-likeness (QED) is 0.853. The number of nitrogens with zero attached hydrogens (tertiary/aromatic N) is 3. The van der Waals surface area contributed by atoms with Crippen LogP contribution in [0, 0.1) is 6.92 Å². The molecule has 2 heterocycles. The number of carboxylic acid groups (broad SMARTS) is 1. The first-order valence-electron chi connectivity index (χ1n) is 5.91. The van der Waals surface area contributed by atoms with Crippen LogP contribution in [0.15, 0.2) is 12.4 Å². The Morgan fingerprint density at radius 3 is 3.06 bits per heavy atom. The number of aliphatic carboxylic acids is 1. The number of rotatable bonds is 3. The smallest absolute Gasteiger partial charge is 0.320 e. The average molecular weight is 235 g/mol. The summed E-state index contributed by atoms with van der Waals surface area (Å²) < 4.78 is 0. The second-order valence-electron chi connectivity index (χ2n) is 4.47. The Bertz CT molecular complexity index is 408. The molecular formula is C12H17N3O2. The van der Waals surface area contributed by atoms with E-state index in [0.717, 1.165) is 37.2 Å². The molecule has 1 aromatic heterocycles. The fourth-order valence-corrected chi connectivity index (χ4v) is 2.26. The fourth-order valence-electron chi connectivity index (χ4n) is 2.26. The average Bonchev–Trinajstić information content (AvgIpc) is 2.29. The van der Waals surface area contributed by atoms with Gasteiger partial charge in [-0.1, -0.05) is 6.42 Å². The first-order valence-corrected chi connectivity index (χ1v) is 5.91. The molecule has 0 amide bonds. The van der Waals surface area contributed by atoms with E-state index < -0.39 is 5.97 Å². The van der Waals surface area contributed by atoms with Gasteiger partial charge in [-0.05, 0) is 26.3 Å². The van der Waals surface area contributed by atoms with E-state index in [1.807, 2.05) is 11.8 Å². The highest BCUT2D eigenvalue weighted by molar-refractivity contribution is 5.73. The normalized spacial score (nSPS) is 21.4. The van der Waals surface area contributed by atoms with Gasteiger partial charge in [-0.15, -0.1) is 0 Å². The zero-order valence-corrected chi connectivity index (χ0v) is 9.96. The van der Waals surface area contributed by atoms with Crippen molar-refractivity contribution in [3.8, 4) is 0 Å². The molecule has 0 radical (unpaired) electrons. The molecule has 1 fully saturated rings. The molecule has 2 rings (SSSR count). The van der Waals surface area contributed by atoms with Crippen molar-refractivity contribution in [1.29, 1.82) is 0 Å². The number of piperidine rings is 1. The van der Waals surface area contributed by atoms with Crippen LogP contribution in [0.1, 0.15) is 30.7 Å². The van der Waals surface area contributed by atoms with E-state index in [1.54, 1.807) is 12.4 Å². The van der Waals surface area contributed by atoms with Gasteiger partial charge >= 0.3 is 5.97 Å². The molecule has 0 aromatic carbocycles. The Labute approximate surface area is 100 Å². The minimum atomic E-state index is -0.731. The third-order valence-corrected chi connectivity index (χ3v) is 3.07. The summed E-state index contributed by atoms with van der Waals surface area (Å²) in [5.41, 5.74) is 1.71. The molecule has 5 nitrogen and oxygen atoms in total. The lowest BCUT2D eigenvalue weighted by Crippen LogP contribution is -2.44. The van der Waals surface area contributed by atoms with Crippen LogP contribution < -0.4 is 0 Å². The molecule has 5 heteroatoms. The van der Waals surface area contributed by atoms with E-state index in [2.05, 4.69) is 9.97 Å². The molecule has 1 N–H and O–H groups in total. The minimum absolute atomic E-state index is 0.369. The SMILES string of the molecule is Cc1cncc(CN2CCCCC2C(=O)O)n1. The number of aryl methyl sites for hydroxylation is 1. The van der Waals surface area contributed by atoms with Gasteiger partial charge in [-0.2, -0.15) is 0 Å².